The lowest BCUT2D eigenvalue weighted by Gasteiger charge is -2.19. The number of nitrogens with one attached hydrogen (secondary N) is 2. The molecule has 0 bridgehead atoms. The fraction of sp³-hybridized carbons (Fsp3) is 0.360. The normalized spacial score (nSPS) is 18.1. The predicted octanol–water partition coefficient (Wildman–Crippen LogP) is 3.96. The predicted molar refractivity (Wildman–Crippen MR) is 119 cm³/mol. The number of fused-ring (bicyclic) bond motifs is 1. The first-order valence-electron chi connectivity index (χ1n) is 10.7. The highest BCUT2D eigenvalue weighted by molar-refractivity contribution is 6.06. The monoisotopic (exact) mass is 421 g/mol. The lowest BCUT2D eigenvalue weighted by atomic mass is 9.94. The van der Waals surface area contributed by atoms with E-state index in [9.17, 15) is 9.18 Å². The number of nitrogens with zero attached hydrogens (tertiary/aromatic N) is 1. The highest BCUT2D eigenvalue weighted by Gasteiger charge is 2.31. The molecular formula is C25H28FN3O2. The zero-order valence-corrected chi connectivity index (χ0v) is 18.0. The van der Waals surface area contributed by atoms with Gasteiger partial charge in [0.2, 0.25) is 0 Å². The van der Waals surface area contributed by atoms with E-state index in [-0.39, 0.29) is 23.5 Å². The van der Waals surface area contributed by atoms with Gasteiger partial charge in [0, 0.05) is 44.3 Å². The maximum atomic E-state index is 14.8. The van der Waals surface area contributed by atoms with E-state index >= 15 is 0 Å². The van der Waals surface area contributed by atoms with E-state index in [1.54, 1.807) is 31.5 Å². The summed E-state index contributed by atoms with van der Waals surface area (Å²) in [6.07, 6.45) is 5.83. The second kappa shape index (κ2) is 9.02. The number of ether oxygens (including phenoxy) is 1. The lowest BCUT2D eigenvalue weighted by molar-refractivity contribution is 0.0545. The molecule has 31 heavy (non-hydrogen) atoms. The van der Waals surface area contributed by atoms with Gasteiger partial charge in [0.25, 0.3) is 5.91 Å². The van der Waals surface area contributed by atoms with Gasteiger partial charge in [-0.05, 0) is 66.4 Å². The number of rotatable bonds is 7. The molecule has 0 spiro atoms. The zero-order chi connectivity index (χ0) is 22.0. The van der Waals surface area contributed by atoms with Crippen LogP contribution in [0.4, 0.5) is 4.39 Å². The van der Waals surface area contributed by atoms with Crippen molar-refractivity contribution < 1.29 is 13.9 Å². The molecule has 1 atom stereocenters. The van der Waals surface area contributed by atoms with E-state index < -0.39 is 0 Å². The molecule has 2 aromatic rings. The average Bonchev–Trinajstić information content (AvgIpc) is 3.36. The number of halogens is 1. The highest BCUT2D eigenvalue weighted by atomic mass is 19.1. The van der Waals surface area contributed by atoms with E-state index in [1.807, 2.05) is 17.9 Å². The standard InChI is InChI=1S/C25H28FN3O2/c1-16-10-20-14-29(15-21-4-3-9-31-21)25(30)22(20)12-19(16)11-17-5-6-18(13-23(17)26)24(27)7-8-28-2/h5-8,10,12-13,21,27-28H,3-4,9,11,14-15H2,1-2H3/b8-7-,27-24?. The molecule has 2 aliphatic heterocycles. The van der Waals surface area contributed by atoms with Crippen LogP contribution < -0.4 is 5.32 Å². The first-order valence-corrected chi connectivity index (χ1v) is 10.7. The number of carbonyl (C=O) groups is 1. The van der Waals surface area contributed by atoms with Crippen LogP contribution in [-0.4, -0.2) is 42.8 Å². The van der Waals surface area contributed by atoms with Gasteiger partial charge in [0.1, 0.15) is 5.82 Å². The maximum absolute atomic E-state index is 14.8. The summed E-state index contributed by atoms with van der Waals surface area (Å²) in [5, 5.41) is 10.8. The Hall–Kier alpha value is -2.99. The third-order valence-corrected chi connectivity index (χ3v) is 6.05. The fourth-order valence-corrected chi connectivity index (χ4v) is 4.29. The minimum Gasteiger partial charge on any atom is -0.394 e. The van der Waals surface area contributed by atoms with Crippen LogP contribution in [0.25, 0.3) is 0 Å². The molecule has 1 fully saturated rings. The molecule has 0 saturated carbocycles. The van der Waals surface area contributed by atoms with Gasteiger partial charge >= 0.3 is 0 Å². The van der Waals surface area contributed by atoms with Gasteiger partial charge in [-0.1, -0.05) is 18.2 Å². The van der Waals surface area contributed by atoms with Crippen molar-refractivity contribution in [2.24, 2.45) is 0 Å². The number of aryl methyl sites for hydroxylation is 1. The molecule has 2 aromatic carbocycles. The quantitative estimate of drug-likeness (QED) is 0.665. The molecule has 2 heterocycles. The van der Waals surface area contributed by atoms with Crippen molar-refractivity contribution in [1.82, 2.24) is 10.2 Å². The lowest BCUT2D eigenvalue weighted by Crippen LogP contribution is -2.32. The van der Waals surface area contributed by atoms with Crippen LogP contribution in [0, 0.1) is 18.2 Å². The molecule has 162 valence electrons. The minimum atomic E-state index is -0.341. The summed E-state index contributed by atoms with van der Waals surface area (Å²) in [4.78, 5) is 14.8. The molecule has 0 aliphatic carbocycles. The summed E-state index contributed by atoms with van der Waals surface area (Å²) >= 11 is 0. The van der Waals surface area contributed by atoms with Gasteiger partial charge in [-0.15, -0.1) is 0 Å². The van der Waals surface area contributed by atoms with Crippen molar-refractivity contribution in [3.05, 3.63) is 81.8 Å². The topological polar surface area (TPSA) is 65.4 Å². The Kier molecular flexibility index (Phi) is 6.18. The molecule has 1 amide bonds. The van der Waals surface area contributed by atoms with Crippen LogP contribution in [0.2, 0.25) is 0 Å². The summed E-state index contributed by atoms with van der Waals surface area (Å²) in [6, 6.07) is 8.87. The Labute approximate surface area is 182 Å². The Morgan fingerprint density at radius 3 is 2.87 bits per heavy atom. The summed E-state index contributed by atoms with van der Waals surface area (Å²) in [5.74, 6) is -0.307. The Morgan fingerprint density at radius 1 is 1.32 bits per heavy atom. The molecule has 5 nitrogen and oxygen atoms in total. The third-order valence-electron chi connectivity index (χ3n) is 6.05. The van der Waals surface area contributed by atoms with Crippen LogP contribution in [-0.2, 0) is 17.7 Å². The number of hydrogen-bond donors (Lipinski definition) is 2. The second-order valence-corrected chi connectivity index (χ2v) is 8.28. The Balaban J connectivity index is 1.52. The van der Waals surface area contributed by atoms with E-state index in [0.717, 1.165) is 41.7 Å². The average molecular weight is 422 g/mol. The van der Waals surface area contributed by atoms with E-state index in [2.05, 4.69) is 11.4 Å². The molecule has 1 unspecified atom stereocenters. The van der Waals surface area contributed by atoms with Gasteiger partial charge < -0.3 is 20.4 Å². The summed E-state index contributed by atoms with van der Waals surface area (Å²) in [5.41, 5.74) is 5.07. The molecule has 2 aliphatic rings. The summed E-state index contributed by atoms with van der Waals surface area (Å²) < 4.78 is 20.5. The fourth-order valence-electron chi connectivity index (χ4n) is 4.29. The van der Waals surface area contributed by atoms with E-state index in [4.69, 9.17) is 10.1 Å². The van der Waals surface area contributed by atoms with E-state index in [0.29, 0.717) is 30.6 Å². The largest absolute Gasteiger partial charge is 0.394 e. The highest BCUT2D eigenvalue weighted by Crippen LogP contribution is 2.29. The number of hydrogen-bond acceptors (Lipinski definition) is 4. The minimum absolute atomic E-state index is 0.0346. The van der Waals surface area contributed by atoms with E-state index in [1.165, 1.54) is 6.07 Å². The Morgan fingerprint density at radius 2 is 2.16 bits per heavy atom. The first kappa shape index (κ1) is 21.2. The number of carbonyl (C=O) groups excluding carboxylic acids is 1. The molecule has 6 heteroatoms. The molecule has 0 radical (unpaired) electrons. The molecule has 4 rings (SSSR count). The first-order chi connectivity index (χ1) is 15.0. The summed E-state index contributed by atoms with van der Waals surface area (Å²) in [6.45, 7) is 4.03. The van der Waals surface area contributed by atoms with Crippen LogP contribution in [0.5, 0.6) is 0 Å². The SMILES string of the molecule is CN/C=C\C(=N)c1ccc(Cc2cc3c(cc2C)CN(CC2CCCO2)C3=O)c(F)c1. The maximum Gasteiger partial charge on any atom is 0.254 e. The molecule has 1 saturated heterocycles. The van der Waals surface area contributed by atoms with Crippen molar-refractivity contribution in [2.75, 3.05) is 20.2 Å². The van der Waals surface area contributed by atoms with Crippen molar-refractivity contribution in [3.8, 4) is 0 Å². The second-order valence-electron chi connectivity index (χ2n) is 8.28. The summed E-state index contributed by atoms with van der Waals surface area (Å²) in [7, 11) is 1.75. The van der Waals surface area contributed by atoms with Crippen molar-refractivity contribution in [2.45, 2.75) is 38.8 Å². The molecule has 0 aromatic heterocycles. The van der Waals surface area contributed by atoms with Crippen LogP contribution in [0.1, 0.15) is 51.0 Å². The molecular weight excluding hydrogens is 393 g/mol. The van der Waals surface area contributed by atoms with Gasteiger partial charge in [-0.25, -0.2) is 4.39 Å². The van der Waals surface area contributed by atoms with Crippen molar-refractivity contribution >= 4 is 11.6 Å². The van der Waals surface area contributed by atoms with Crippen molar-refractivity contribution in [1.29, 1.82) is 5.41 Å². The van der Waals surface area contributed by atoms with Gasteiger partial charge in [-0.2, -0.15) is 0 Å². The number of allylic oxidation sites excluding steroid dienone is 1. The van der Waals surface area contributed by atoms with Gasteiger partial charge in [0.05, 0.1) is 11.8 Å². The van der Waals surface area contributed by atoms with Crippen LogP contribution >= 0.6 is 0 Å². The number of amides is 1. The molecule has 2 N–H and O–H groups in total. The smallest absolute Gasteiger partial charge is 0.254 e. The Bertz CT molecular complexity index is 1040. The van der Waals surface area contributed by atoms with Gasteiger partial charge in [-0.3, -0.25) is 4.79 Å². The van der Waals surface area contributed by atoms with Gasteiger partial charge in [0.15, 0.2) is 0 Å². The van der Waals surface area contributed by atoms with Crippen LogP contribution in [0.15, 0.2) is 42.6 Å². The third kappa shape index (κ3) is 4.54. The number of benzene rings is 2. The zero-order valence-electron chi connectivity index (χ0n) is 18.0. The van der Waals surface area contributed by atoms with Crippen LogP contribution in [0.3, 0.4) is 0 Å². The van der Waals surface area contributed by atoms with Crippen molar-refractivity contribution in [3.63, 3.8) is 0 Å².